The molecule has 13 atom stereocenters. The van der Waals surface area contributed by atoms with E-state index >= 15 is 4.39 Å². The van der Waals surface area contributed by atoms with Crippen LogP contribution in [0.4, 0.5) is 9.18 Å². The molecule has 2 saturated heterocycles. The smallest absolute Gasteiger partial charge is 0.408 e. The number of para-hydroxylation sites is 1. The molecule has 3 aliphatic rings. The van der Waals surface area contributed by atoms with E-state index in [9.17, 15) is 24.3 Å². The van der Waals surface area contributed by atoms with Crippen molar-refractivity contribution in [3.8, 4) is 0 Å². The van der Waals surface area contributed by atoms with Gasteiger partial charge in [-0.05, 0) is 84.2 Å². The number of ketones is 2. The van der Waals surface area contributed by atoms with Gasteiger partial charge in [0.15, 0.2) is 11.4 Å². The van der Waals surface area contributed by atoms with Gasteiger partial charge in [-0.15, -0.1) is 0 Å². The molecule has 2 N–H and O–H groups in total. The molecule has 1 amide bonds. The molecular formula is C43H60FN3O9. The summed E-state index contributed by atoms with van der Waals surface area (Å²) in [6.45, 7) is 12.8. The molecule has 2 aromatic rings. The topological polar surface area (TPSA) is 154 Å². The number of aliphatic hydroxyl groups is 1. The molecule has 1 saturated carbocycles. The average molecular weight is 782 g/mol. The van der Waals surface area contributed by atoms with Crippen molar-refractivity contribution in [1.29, 1.82) is 0 Å². The van der Waals surface area contributed by atoms with Gasteiger partial charge in [0, 0.05) is 35.4 Å². The Morgan fingerprint density at radius 1 is 1.05 bits per heavy atom. The van der Waals surface area contributed by atoms with Crippen LogP contribution in [0.2, 0.25) is 0 Å². The van der Waals surface area contributed by atoms with Crippen molar-refractivity contribution in [3.63, 3.8) is 0 Å². The molecule has 0 bridgehead atoms. The molecule has 308 valence electrons. The number of esters is 1. The Morgan fingerprint density at radius 3 is 2.43 bits per heavy atom. The Balaban J connectivity index is 1.58. The molecule has 1 unspecified atom stereocenters. The number of alkyl halides is 1. The number of hydrogen-bond donors (Lipinski definition) is 2. The maximum Gasteiger partial charge on any atom is 0.408 e. The second-order valence-electron chi connectivity index (χ2n) is 17.1. The Hall–Kier alpha value is -3.78. The SMILES string of the molecule is CC[C@H]1OC(=O)C(C)(F)C(=O)[C@H](C)[C@@H](O[C@@H]2C[C@H](C)C[C@H](N(C)C)[C@H]2O)[C@@](C)(OC/C=C/c2cnc3ccccc3c2)C[C@@H](C)C(=O)[C@H](C)[C@H]2NC(=O)O[C@@]21C. The zero-order chi connectivity index (χ0) is 41.3. The van der Waals surface area contributed by atoms with Crippen LogP contribution in [0.5, 0.6) is 0 Å². The number of aromatic nitrogens is 1. The van der Waals surface area contributed by atoms with E-state index in [2.05, 4.69) is 17.2 Å². The number of amides is 1. The molecule has 1 aromatic carbocycles. The van der Waals surface area contributed by atoms with Crippen LogP contribution in [0.25, 0.3) is 17.0 Å². The van der Waals surface area contributed by atoms with Gasteiger partial charge in [0.25, 0.3) is 5.67 Å². The number of nitrogens with one attached hydrogen (secondary N) is 1. The fourth-order valence-corrected chi connectivity index (χ4v) is 9.21. The van der Waals surface area contributed by atoms with Gasteiger partial charge in [-0.1, -0.05) is 65.0 Å². The number of benzene rings is 1. The second kappa shape index (κ2) is 17.0. The van der Waals surface area contributed by atoms with E-state index in [-0.39, 0.29) is 37.2 Å². The minimum absolute atomic E-state index is 0.00220. The minimum atomic E-state index is -3.15. The average Bonchev–Trinajstić information content (AvgIpc) is 3.47. The fraction of sp³-hybridized carbons (Fsp3) is 0.651. The summed E-state index contributed by atoms with van der Waals surface area (Å²) in [5, 5.41) is 15.4. The van der Waals surface area contributed by atoms with Crippen LogP contribution in [0, 0.1) is 23.7 Å². The van der Waals surface area contributed by atoms with Crippen LogP contribution in [0.1, 0.15) is 86.6 Å². The van der Waals surface area contributed by atoms with Crippen molar-refractivity contribution < 1.29 is 47.6 Å². The summed E-state index contributed by atoms with van der Waals surface area (Å²) in [5.74, 6) is -5.53. The fourth-order valence-electron chi connectivity index (χ4n) is 9.21. The molecule has 13 heteroatoms. The Kier molecular flexibility index (Phi) is 13.1. The largest absolute Gasteiger partial charge is 0.455 e. The highest BCUT2D eigenvalue weighted by atomic mass is 19.1. The lowest BCUT2D eigenvalue weighted by molar-refractivity contribution is -0.212. The number of Topliss-reactive ketones (excluding diaryl/α,β-unsaturated/α-hetero) is 2. The first-order chi connectivity index (χ1) is 26.2. The van der Waals surface area contributed by atoms with Crippen LogP contribution in [-0.4, -0.2) is 113 Å². The number of hydrogen-bond acceptors (Lipinski definition) is 11. The molecule has 12 nitrogen and oxygen atoms in total. The molecular weight excluding hydrogens is 721 g/mol. The minimum Gasteiger partial charge on any atom is -0.455 e. The Bertz CT molecular complexity index is 1800. The highest BCUT2D eigenvalue weighted by Gasteiger charge is 2.59. The summed E-state index contributed by atoms with van der Waals surface area (Å²) >= 11 is 0. The number of alkyl carbamates (subject to hydrolysis) is 1. The Morgan fingerprint density at radius 2 is 1.75 bits per heavy atom. The van der Waals surface area contributed by atoms with Gasteiger partial charge in [-0.2, -0.15) is 0 Å². The first kappa shape index (κ1) is 43.3. The van der Waals surface area contributed by atoms with Gasteiger partial charge in [-0.3, -0.25) is 14.6 Å². The lowest BCUT2D eigenvalue weighted by Gasteiger charge is -2.47. The van der Waals surface area contributed by atoms with Crippen LogP contribution < -0.4 is 5.32 Å². The van der Waals surface area contributed by atoms with Crippen molar-refractivity contribution in [2.24, 2.45) is 23.7 Å². The summed E-state index contributed by atoms with van der Waals surface area (Å²) in [7, 11) is 3.75. The third kappa shape index (κ3) is 8.71. The zero-order valence-corrected chi connectivity index (χ0v) is 34.4. The molecule has 2 aliphatic heterocycles. The van der Waals surface area contributed by atoms with Gasteiger partial charge in [0.1, 0.15) is 11.9 Å². The number of carbonyl (C=O) groups excluding carboxylic acids is 4. The molecule has 3 fully saturated rings. The van der Waals surface area contributed by atoms with Crippen molar-refractivity contribution in [3.05, 3.63) is 48.2 Å². The van der Waals surface area contributed by atoms with Crippen molar-refractivity contribution >= 4 is 40.6 Å². The normalized spacial score (nSPS) is 38.9. The van der Waals surface area contributed by atoms with E-state index in [1.165, 1.54) is 6.92 Å². The van der Waals surface area contributed by atoms with E-state index in [1.54, 1.807) is 46.9 Å². The number of halogens is 1. The Labute approximate surface area is 329 Å². The van der Waals surface area contributed by atoms with Crippen LogP contribution >= 0.6 is 0 Å². The lowest BCUT2D eigenvalue weighted by Crippen LogP contribution is -2.61. The maximum absolute atomic E-state index is 16.9. The quantitative estimate of drug-likeness (QED) is 0.245. The number of cyclic esters (lactones) is 1. The number of likely N-dealkylation sites (N-methyl/N-ethyl adjacent to an activating group) is 1. The summed E-state index contributed by atoms with van der Waals surface area (Å²) in [6, 6.07) is 8.54. The monoisotopic (exact) mass is 781 g/mol. The van der Waals surface area contributed by atoms with Crippen LogP contribution in [-0.2, 0) is 33.3 Å². The second-order valence-corrected chi connectivity index (χ2v) is 17.1. The predicted molar refractivity (Wildman–Crippen MR) is 209 cm³/mol. The summed E-state index contributed by atoms with van der Waals surface area (Å²) in [6.07, 6.45) is 1.70. The van der Waals surface area contributed by atoms with Gasteiger partial charge >= 0.3 is 12.1 Å². The molecule has 56 heavy (non-hydrogen) atoms. The standard InChI is InChI=1S/C43H60FN3O9/c1-11-33-43(8)36(46-40(52)56-43)26(4)34(48)25(3)22-41(6,53-18-14-15-28-21-29-16-12-13-17-30(29)45-23-28)38(27(5)37(50)42(7,44)39(51)55-33)54-32-20-24(2)19-31(35(32)49)47(9)10/h12-17,21,23-27,31-33,35-36,38,49H,11,18-20,22H2,1-10H3,(H,46,52)/b15-14+/t24-,25-,26+,27+,31+,32-,33-,35-,36-,38-,41+,42?,43-/m1/s1. The van der Waals surface area contributed by atoms with Gasteiger partial charge in [0.2, 0.25) is 0 Å². The first-order valence-corrected chi connectivity index (χ1v) is 19.9. The summed E-state index contributed by atoms with van der Waals surface area (Å²) in [4.78, 5) is 61.8. The van der Waals surface area contributed by atoms with Gasteiger partial charge < -0.3 is 34.3 Å². The van der Waals surface area contributed by atoms with Crippen molar-refractivity contribution in [2.45, 2.75) is 134 Å². The van der Waals surface area contributed by atoms with Crippen LogP contribution in [0.15, 0.2) is 42.6 Å². The molecule has 3 heterocycles. The van der Waals surface area contributed by atoms with E-state index in [0.29, 0.717) is 12.8 Å². The molecule has 1 aromatic heterocycles. The number of aliphatic hydroxyl groups excluding tert-OH is 1. The molecule has 0 spiro atoms. The van der Waals surface area contributed by atoms with Crippen LogP contribution in [0.3, 0.4) is 0 Å². The van der Waals surface area contributed by atoms with Gasteiger partial charge in [-0.25, -0.2) is 14.0 Å². The predicted octanol–water partition coefficient (Wildman–Crippen LogP) is 5.87. The summed E-state index contributed by atoms with van der Waals surface area (Å²) < 4.78 is 41.8. The molecule has 0 radical (unpaired) electrons. The zero-order valence-electron chi connectivity index (χ0n) is 34.4. The third-order valence-corrected chi connectivity index (χ3v) is 12.4. The molecule has 1 aliphatic carbocycles. The van der Waals surface area contributed by atoms with Gasteiger partial charge in [0.05, 0.1) is 42.1 Å². The maximum atomic E-state index is 16.9. The molecule has 5 rings (SSSR count). The van der Waals surface area contributed by atoms with E-state index in [1.807, 2.05) is 55.4 Å². The van der Waals surface area contributed by atoms with E-state index < -0.39 is 82.9 Å². The number of ether oxygens (including phenoxy) is 4. The number of rotatable bonds is 8. The first-order valence-electron chi connectivity index (χ1n) is 19.9. The lowest BCUT2D eigenvalue weighted by atomic mass is 9.73. The number of nitrogens with zero attached hydrogens (tertiary/aromatic N) is 2. The van der Waals surface area contributed by atoms with Crippen molar-refractivity contribution in [2.75, 3.05) is 20.7 Å². The number of fused-ring (bicyclic) bond motifs is 2. The highest BCUT2D eigenvalue weighted by Crippen LogP contribution is 2.42. The number of pyridine rings is 1. The highest BCUT2D eigenvalue weighted by molar-refractivity contribution is 6.08. The van der Waals surface area contributed by atoms with E-state index in [0.717, 1.165) is 23.4 Å². The van der Waals surface area contributed by atoms with E-state index in [4.69, 9.17) is 18.9 Å². The van der Waals surface area contributed by atoms with Crippen molar-refractivity contribution in [1.82, 2.24) is 15.2 Å². The third-order valence-electron chi connectivity index (χ3n) is 12.4. The number of carbonyl (C=O) groups is 4. The summed E-state index contributed by atoms with van der Waals surface area (Å²) in [5.41, 5.74) is -4.48.